The number of likely N-dealkylation sites (N-methyl/N-ethyl adjacent to an activating group) is 1. The van der Waals surface area contributed by atoms with E-state index in [1.54, 1.807) is 18.4 Å². The van der Waals surface area contributed by atoms with Crippen molar-refractivity contribution in [1.29, 1.82) is 0 Å². The summed E-state index contributed by atoms with van der Waals surface area (Å²) in [6.45, 7) is 1.92. The molecule has 116 valence electrons. The third kappa shape index (κ3) is 2.06. The molecule has 1 aromatic carbocycles. The van der Waals surface area contributed by atoms with E-state index in [0.717, 1.165) is 33.1 Å². The van der Waals surface area contributed by atoms with Gasteiger partial charge in [-0.25, -0.2) is 4.98 Å². The highest BCUT2D eigenvalue weighted by molar-refractivity contribution is 7.10. The summed E-state index contributed by atoms with van der Waals surface area (Å²) >= 11 is 1.65. The van der Waals surface area contributed by atoms with Gasteiger partial charge < -0.3 is 10.6 Å². The van der Waals surface area contributed by atoms with Crippen molar-refractivity contribution in [3.8, 4) is 0 Å². The molecular weight excluding hydrogens is 308 g/mol. The molecule has 0 radical (unpaired) electrons. The lowest BCUT2D eigenvalue weighted by Crippen LogP contribution is -2.32. The summed E-state index contributed by atoms with van der Waals surface area (Å²) in [5, 5.41) is 8.08. The van der Waals surface area contributed by atoms with Gasteiger partial charge in [-0.15, -0.1) is 11.3 Å². The van der Waals surface area contributed by atoms with E-state index in [-0.39, 0.29) is 11.9 Å². The van der Waals surface area contributed by atoms with Crippen LogP contribution in [-0.2, 0) is 4.79 Å². The van der Waals surface area contributed by atoms with Gasteiger partial charge in [-0.1, -0.05) is 18.2 Å². The van der Waals surface area contributed by atoms with Crippen molar-refractivity contribution in [1.82, 2.24) is 14.9 Å². The molecule has 23 heavy (non-hydrogen) atoms. The van der Waals surface area contributed by atoms with E-state index < -0.39 is 0 Å². The van der Waals surface area contributed by atoms with Gasteiger partial charge in [0.15, 0.2) is 0 Å². The van der Waals surface area contributed by atoms with Gasteiger partial charge in [0.2, 0.25) is 5.95 Å². The average molecular weight is 324 g/mol. The summed E-state index contributed by atoms with van der Waals surface area (Å²) in [6, 6.07) is 11.9. The summed E-state index contributed by atoms with van der Waals surface area (Å²) in [4.78, 5) is 18.3. The molecule has 1 aliphatic rings. The number of imidazole rings is 1. The molecule has 0 saturated carbocycles. The Balaban J connectivity index is 2.02. The number of hydrogen-bond donors (Lipinski definition) is 2. The van der Waals surface area contributed by atoms with Crippen LogP contribution in [0.2, 0.25) is 0 Å². The lowest BCUT2D eigenvalue weighted by Gasteiger charge is -2.29. The molecule has 0 bridgehead atoms. The minimum absolute atomic E-state index is 0.0724. The molecule has 2 aromatic heterocycles. The summed E-state index contributed by atoms with van der Waals surface area (Å²) < 4.78 is 2.11. The number of nitrogens with zero attached hydrogens (tertiary/aromatic N) is 2. The lowest BCUT2D eigenvalue weighted by molar-refractivity contribution is -0.117. The maximum absolute atomic E-state index is 12.5. The predicted octanol–water partition coefficient (Wildman–Crippen LogP) is 3.13. The number of amides is 1. The highest BCUT2D eigenvalue weighted by atomic mass is 32.1. The van der Waals surface area contributed by atoms with Crippen molar-refractivity contribution >= 4 is 34.2 Å². The Morgan fingerprint density at radius 3 is 2.87 bits per heavy atom. The number of carbonyl (C=O) groups excluding carboxylic acids is 1. The highest BCUT2D eigenvalue weighted by Gasteiger charge is 2.34. The van der Waals surface area contributed by atoms with Gasteiger partial charge in [-0.3, -0.25) is 9.36 Å². The van der Waals surface area contributed by atoms with Crippen molar-refractivity contribution in [3.05, 3.63) is 57.9 Å². The monoisotopic (exact) mass is 324 g/mol. The van der Waals surface area contributed by atoms with Crippen LogP contribution >= 0.6 is 11.3 Å². The molecule has 0 unspecified atom stereocenters. The lowest BCUT2D eigenvalue weighted by atomic mass is 10.00. The Kier molecular flexibility index (Phi) is 3.20. The first-order valence-corrected chi connectivity index (χ1v) is 8.29. The number of aromatic nitrogens is 2. The number of allylic oxidation sites excluding steroid dienone is 1. The first kappa shape index (κ1) is 14.0. The third-order valence-corrected chi connectivity index (χ3v) is 5.04. The molecule has 0 fully saturated rings. The van der Waals surface area contributed by atoms with Gasteiger partial charge in [-0.05, 0) is 30.5 Å². The molecule has 0 aliphatic carbocycles. The van der Waals surface area contributed by atoms with Gasteiger partial charge in [0.25, 0.3) is 5.91 Å². The van der Waals surface area contributed by atoms with Gasteiger partial charge in [0.1, 0.15) is 6.04 Å². The quantitative estimate of drug-likeness (QED) is 0.761. The Bertz CT molecular complexity index is 923. The molecule has 0 saturated heterocycles. The van der Waals surface area contributed by atoms with Gasteiger partial charge in [0, 0.05) is 17.6 Å². The zero-order chi connectivity index (χ0) is 16.0. The van der Waals surface area contributed by atoms with Crippen molar-refractivity contribution in [2.75, 3.05) is 12.4 Å². The normalized spacial score (nSPS) is 17.0. The number of hydrogen-bond acceptors (Lipinski definition) is 4. The van der Waals surface area contributed by atoms with Crippen LogP contribution in [0.5, 0.6) is 0 Å². The molecule has 3 heterocycles. The highest BCUT2D eigenvalue weighted by Crippen LogP contribution is 2.40. The first-order valence-electron chi connectivity index (χ1n) is 7.41. The number of thiophene rings is 1. The Morgan fingerprint density at radius 2 is 2.13 bits per heavy atom. The molecule has 1 atom stereocenters. The van der Waals surface area contributed by atoms with Gasteiger partial charge in [0.05, 0.1) is 16.6 Å². The van der Waals surface area contributed by atoms with Gasteiger partial charge in [-0.2, -0.15) is 0 Å². The minimum atomic E-state index is -0.168. The molecule has 1 aliphatic heterocycles. The Labute approximate surface area is 137 Å². The maximum atomic E-state index is 12.5. The first-order chi connectivity index (χ1) is 11.2. The van der Waals surface area contributed by atoms with E-state index >= 15 is 0 Å². The van der Waals surface area contributed by atoms with Crippen LogP contribution in [-0.4, -0.2) is 22.5 Å². The second kappa shape index (κ2) is 5.24. The summed E-state index contributed by atoms with van der Waals surface area (Å²) in [5.74, 6) is 0.701. The number of anilines is 1. The van der Waals surface area contributed by atoms with E-state index in [1.165, 1.54) is 0 Å². The standard InChI is InChI=1S/C17H16N4OS/c1-10-14(16(22)18-2)15(13-8-5-9-23-13)21-12-7-4-3-6-11(12)20-17(21)19-10/h3-9,15H,1-2H3,(H,18,22)(H,19,20)/t15-/m0/s1. The topological polar surface area (TPSA) is 59.0 Å². The van der Waals surface area contributed by atoms with Crippen molar-refractivity contribution in [3.63, 3.8) is 0 Å². The number of rotatable bonds is 2. The van der Waals surface area contributed by atoms with Crippen LogP contribution in [0.4, 0.5) is 5.95 Å². The van der Waals surface area contributed by atoms with E-state index in [1.807, 2.05) is 42.6 Å². The molecule has 5 nitrogen and oxygen atoms in total. The number of benzene rings is 1. The van der Waals surface area contributed by atoms with E-state index in [9.17, 15) is 4.79 Å². The van der Waals surface area contributed by atoms with Crippen LogP contribution < -0.4 is 10.6 Å². The van der Waals surface area contributed by atoms with E-state index in [0.29, 0.717) is 0 Å². The van der Waals surface area contributed by atoms with E-state index in [4.69, 9.17) is 0 Å². The maximum Gasteiger partial charge on any atom is 0.251 e. The van der Waals surface area contributed by atoms with Crippen LogP contribution in [0.3, 0.4) is 0 Å². The van der Waals surface area contributed by atoms with Gasteiger partial charge >= 0.3 is 0 Å². The molecule has 3 aromatic rings. The number of nitrogens with one attached hydrogen (secondary N) is 2. The third-order valence-electron chi connectivity index (χ3n) is 4.12. The van der Waals surface area contributed by atoms with Crippen LogP contribution in [0.1, 0.15) is 17.8 Å². The summed E-state index contributed by atoms with van der Waals surface area (Å²) in [6.07, 6.45) is 0. The largest absolute Gasteiger partial charge is 0.355 e. The Hall–Kier alpha value is -2.60. The fraction of sp³-hybridized carbons (Fsp3) is 0.176. The van der Waals surface area contributed by atoms with Crippen LogP contribution in [0.25, 0.3) is 11.0 Å². The molecule has 0 spiro atoms. The molecular formula is C17H16N4OS. The zero-order valence-corrected chi connectivity index (χ0v) is 13.6. The second-order valence-electron chi connectivity index (χ2n) is 5.45. The smallest absolute Gasteiger partial charge is 0.251 e. The fourth-order valence-electron chi connectivity index (χ4n) is 3.11. The Morgan fingerprint density at radius 1 is 1.30 bits per heavy atom. The van der Waals surface area contributed by atoms with Crippen molar-refractivity contribution in [2.45, 2.75) is 13.0 Å². The number of carbonyl (C=O) groups is 1. The molecule has 6 heteroatoms. The van der Waals surface area contributed by atoms with Crippen molar-refractivity contribution < 1.29 is 4.79 Å². The summed E-state index contributed by atoms with van der Waals surface area (Å²) in [7, 11) is 1.66. The molecule has 2 N–H and O–H groups in total. The fourth-order valence-corrected chi connectivity index (χ4v) is 3.93. The molecule has 4 rings (SSSR count). The predicted molar refractivity (Wildman–Crippen MR) is 92.6 cm³/mol. The van der Waals surface area contributed by atoms with E-state index in [2.05, 4.69) is 26.3 Å². The number of fused-ring (bicyclic) bond motifs is 3. The van der Waals surface area contributed by atoms with Crippen molar-refractivity contribution in [2.24, 2.45) is 0 Å². The minimum Gasteiger partial charge on any atom is -0.355 e. The van der Waals surface area contributed by atoms with Crippen LogP contribution in [0.15, 0.2) is 53.0 Å². The molecule has 1 amide bonds. The second-order valence-corrected chi connectivity index (χ2v) is 6.43. The SMILES string of the molecule is CNC(=O)C1=C(C)Nc2nc3ccccc3n2[C@H]1c1cccs1. The average Bonchev–Trinajstić information content (AvgIpc) is 3.20. The zero-order valence-electron chi connectivity index (χ0n) is 12.8. The summed E-state index contributed by atoms with van der Waals surface area (Å²) in [5.41, 5.74) is 3.50. The number of para-hydroxylation sites is 2. The van der Waals surface area contributed by atoms with Crippen LogP contribution in [0, 0.1) is 0 Å².